The predicted molar refractivity (Wildman–Crippen MR) is 283 cm³/mol. The fourth-order valence-electron chi connectivity index (χ4n) is 10.5. The Bertz CT molecular complexity index is 3840. The topological polar surface area (TPSA) is 46.3 Å². The highest BCUT2D eigenvalue weighted by Gasteiger charge is 2.29. The largest absolute Gasteiger partial charge is 0.350 e. The Labute approximate surface area is 394 Å². The van der Waals surface area contributed by atoms with Crippen LogP contribution in [0.3, 0.4) is 0 Å². The molecule has 0 fully saturated rings. The van der Waals surface area contributed by atoms with Crippen molar-refractivity contribution in [3.63, 3.8) is 0 Å². The molecule has 2 N–H and O–H groups in total. The molecular weight excluding hydrogens is 827 g/mol. The van der Waals surface area contributed by atoms with Gasteiger partial charge in [-0.1, -0.05) is 206 Å². The molecule has 10 aromatic carbocycles. The number of hydrogen-bond donors (Lipinski definition) is 2. The molecule has 2 atom stereocenters. The van der Waals surface area contributed by atoms with Crippen molar-refractivity contribution in [2.24, 2.45) is 4.99 Å². The lowest BCUT2D eigenvalue weighted by molar-refractivity contribution is 0.408. The van der Waals surface area contributed by atoms with Gasteiger partial charge < -0.3 is 14.5 Å². The molecule has 0 amide bonds. The van der Waals surface area contributed by atoms with Crippen molar-refractivity contribution in [1.82, 2.24) is 19.8 Å². The number of nitrogens with one attached hydrogen (secondary N) is 2. The Morgan fingerprint density at radius 1 is 0.368 bits per heavy atom. The summed E-state index contributed by atoms with van der Waals surface area (Å²) in [4.78, 5) is 5.30. The summed E-state index contributed by atoms with van der Waals surface area (Å²) in [6, 6.07) is 89.7. The second kappa shape index (κ2) is 16.6. The van der Waals surface area contributed by atoms with E-state index in [2.05, 4.69) is 268 Å². The molecule has 1 aliphatic heterocycles. The Balaban J connectivity index is 1.10. The number of fused-ring (bicyclic) bond motifs is 6. The van der Waals surface area contributed by atoms with Crippen LogP contribution in [0.4, 0.5) is 0 Å². The van der Waals surface area contributed by atoms with Crippen LogP contribution >= 0.6 is 0 Å². The van der Waals surface area contributed by atoms with Crippen LogP contribution in [0.5, 0.6) is 0 Å². The molecule has 322 valence electrons. The number of aromatic nitrogens is 2. The first kappa shape index (κ1) is 39.6. The first-order chi connectivity index (χ1) is 33.7. The highest BCUT2D eigenvalue weighted by Crippen LogP contribution is 2.46. The summed E-state index contributed by atoms with van der Waals surface area (Å²) in [6.45, 7) is 0. The third-order valence-corrected chi connectivity index (χ3v) is 13.6. The van der Waals surface area contributed by atoms with Gasteiger partial charge in [0.2, 0.25) is 0 Å². The molecule has 13 rings (SSSR count). The van der Waals surface area contributed by atoms with Crippen LogP contribution in [0.15, 0.2) is 254 Å². The van der Waals surface area contributed by atoms with Crippen molar-refractivity contribution < 1.29 is 0 Å². The molecule has 2 unspecified atom stereocenters. The van der Waals surface area contributed by atoms with Crippen molar-refractivity contribution in [3.05, 3.63) is 265 Å². The summed E-state index contributed by atoms with van der Waals surface area (Å²) in [5, 5.41) is 12.7. The van der Waals surface area contributed by atoms with E-state index in [4.69, 9.17) is 4.99 Å². The summed E-state index contributed by atoms with van der Waals surface area (Å²) in [5.41, 5.74) is 17.1. The number of aliphatic imine (C=N–C) groups is 1. The number of hydrogen-bond acceptors (Lipinski definition) is 3. The number of nitrogens with zero attached hydrogens (tertiary/aromatic N) is 3. The smallest absolute Gasteiger partial charge is 0.131 e. The summed E-state index contributed by atoms with van der Waals surface area (Å²) in [5.74, 6) is 0.847. The van der Waals surface area contributed by atoms with Crippen molar-refractivity contribution in [3.8, 4) is 44.8 Å². The fourth-order valence-corrected chi connectivity index (χ4v) is 10.5. The maximum atomic E-state index is 5.30. The first-order valence-electron chi connectivity index (χ1n) is 23.4. The summed E-state index contributed by atoms with van der Waals surface area (Å²) >= 11 is 0. The lowest BCUT2D eigenvalue weighted by atomic mass is 9.95. The molecule has 68 heavy (non-hydrogen) atoms. The van der Waals surface area contributed by atoms with Crippen molar-refractivity contribution in [2.45, 2.75) is 12.3 Å². The third kappa shape index (κ3) is 6.71. The standard InChI is InChI=1S/C63H45N5/c1-6-20-42(21-7-1)46-36-38-52-57(40-46)68(56-35-19-32-50(60(52)56)49-31-18-34-55-59(49)51-30-16-17-33-54(51)67(55)48-28-14-5-15-29-48)58-41-47(43-22-8-2-9-23-43)37-39-53(58)63-65-61(44-24-10-3-11-25-44)64-62(66-63)45-26-12-4-13-27-45/h1-41,61,63,65H,(H,64,66). The Morgan fingerprint density at radius 2 is 0.882 bits per heavy atom. The molecule has 0 radical (unpaired) electrons. The quantitative estimate of drug-likeness (QED) is 0.160. The number of rotatable bonds is 8. The van der Waals surface area contributed by atoms with Gasteiger partial charge in [-0.25, -0.2) is 4.99 Å². The monoisotopic (exact) mass is 871 g/mol. The van der Waals surface area contributed by atoms with Gasteiger partial charge in [-0.15, -0.1) is 0 Å². The molecule has 5 heteroatoms. The summed E-state index contributed by atoms with van der Waals surface area (Å²) in [6.07, 6.45) is -0.592. The van der Waals surface area contributed by atoms with Crippen LogP contribution in [0.2, 0.25) is 0 Å². The molecular formula is C63H45N5. The van der Waals surface area contributed by atoms with E-state index in [1.807, 2.05) is 0 Å². The van der Waals surface area contributed by atoms with E-state index < -0.39 is 0 Å². The second-order valence-electron chi connectivity index (χ2n) is 17.6. The van der Waals surface area contributed by atoms with Gasteiger partial charge in [0, 0.05) is 38.4 Å². The SMILES string of the molecule is c1ccc(C2=NC(c3ccccc3)NC(c3ccc(-c4ccccc4)cc3-n3c4cc(-c5ccccc5)ccc4c4c(-c5cccc6c5c5ccccc5n6-c5ccccc5)cccc43)N2)cc1. The van der Waals surface area contributed by atoms with E-state index in [1.54, 1.807) is 0 Å². The second-order valence-corrected chi connectivity index (χ2v) is 17.6. The molecule has 2 aromatic heterocycles. The maximum Gasteiger partial charge on any atom is 0.131 e. The van der Waals surface area contributed by atoms with Crippen LogP contribution in [0, 0.1) is 0 Å². The molecule has 0 saturated carbocycles. The van der Waals surface area contributed by atoms with Crippen LogP contribution in [0.25, 0.3) is 88.4 Å². The van der Waals surface area contributed by atoms with Crippen LogP contribution in [-0.2, 0) is 0 Å². The minimum absolute atomic E-state index is 0.285. The van der Waals surface area contributed by atoms with E-state index in [-0.39, 0.29) is 12.3 Å². The highest BCUT2D eigenvalue weighted by molar-refractivity contribution is 6.22. The number of amidine groups is 1. The van der Waals surface area contributed by atoms with Crippen LogP contribution in [0.1, 0.15) is 29.0 Å². The van der Waals surface area contributed by atoms with Crippen molar-refractivity contribution in [1.29, 1.82) is 0 Å². The Morgan fingerprint density at radius 3 is 1.54 bits per heavy atom. The van der Waals surface area contributed by atoms with Crippen molar-refractivity contribution in [2.75, 3.05) is 0 Å². The van der Waals surface area contributed by atoms with Crippen molar-refractivity contribution >= 4 is 49.4 Å². The minimum Gasteiger partial charge on any atom is -0.350 e. The van der Waals surface area contributed by atoms with Crippen LogP contribution in [-0.4, -0.2) is 15.0 Å². The zero-order valence-electron chi connectivity index (χ0n) is 37.2. The molecule has 0 bridgehead atoms. The predicted octanol–water partition coefficient (Wildman–Crippen LogP) is 15.2. The Hall–Kier alpha value is -8.77. The molecule has 5 nitrogen and oxygen atoms in total. The zero-order chi connectivity index (χ0) is 45.0. The molecule has 0 saturated heterocycles. The van der Waals surface area contributed by atoms with Gasteiger partial charge in [0.15, 0.2) is 0 Å². The summed E-state index contributed by atoms with van der Waals surface area (Å²) < 4.78 is 4.93. The number of benzene rings is 10. The molecule has 3 heterocycles. The lowest BCUT2D eigenvalue weighted by Gasteiger charge is -2.33. The average Bonchev–Trinajstić information content (AvgIpc) is 3.95. The summed E-state index contributed by atoms with van der Waals surface area (Å²) in [7, 11) is 0. The third-order valence-electron chi connectivity index (χ3n) is 13.6. The van der Waals surface area contributed by atoms with E-state index in [0.717, 1.165) is 61.6 Å². The molecule has 12 aromatic rings. The van der Waals surface area contributed by atoms with Gasteiger partial charge in [-0.3, -0.25) is 5.32 Å². The lowest BCUT2D eigenvalue weighted by Crippen LogP contribution is -2.45. The normalized spacial score (nSPS) is 14.9. The van der Waals surface area contributed by atoms with E-state index >= 15 is 0 Å². The number of para-hydroxylation sites is 2. The molecule has 0 spiro atoms. The van der Waals surface area contributed by atoms with Gasteiger partial charge >= 0.3 is 0 Å². The Kier molecular flexibility index (Phi) is 9.66. The average molecular weight is 872 g/mol. The first-order valence-corrected chi connectivity index (χ1v) is 23.4. The molecule has 0 aliphatic carbocycles. The van der Waals surface area contributed by atoms with Gasteiger partial charge in [-0.05, 0) is 81.4 Å². The van der Waals surface area contributed by atoms with Gasteiger partial charge in [0.05, 0.1) is 27.8 Å². The van der Waals surface area contributed by atoms with E-state index in [9.17, 15) is 0 Å². The fraction of sp³-hybridized carbons (Fsp3) is 0.0317. The van der Waals surface area contributed by atoms with E-state index in [1.165, 1.54) is 49.3 Å². The maximum absolute atomic E-state index is 5.30. The van der Waals surface area contributed by atoms with Gasteiger partial charge in [-0.2, -0.15) is 0 Å². The minimum atomic E-state index is -0.307. The van der Waals surface area contributed by atoms with Crippen LogP contribution < -0.4 is 10.6 Å². The van der Waals surface area contributed by atoms with Gasteiger partial charge in [0.1, 0.15) is 18.2 Å². The highest BCUT2D eigenvalue weighted by atomic mass is 15.3. The zero-order valence-corrected chi connectivity index (χ0v) is 37.2. The molecule has 1 aliphatic rings. The van der Waals surface area contributed by atoms with E-state index in [0.29, 0.717) is 0 Å². The van der Waals surface area contributed by atoms with Gasteiger partial charge in [0.25, 0.3) is 0 Å².